The van der Waals surface area contributed by atoms with Gasteiger partial charge in [-0.05, 0) is 18.6 Å². The lowest BCUT2D eigenvalue weighted by molar-refractivity contribution is 0.379. The average molecular weight is 362 g/mol. The van der Waals surface area contributed by atoms with E-state index in [1.807, 2.05) is 0 Å². The summed E-state index contributed by atoms with van der Waals surface area (Å²) in [6, 6.07) is 3.90. The van der Waals surface area contributed by atoms with E-state index in [0.29, 0.717) is 24.8 Å². The lowest BCUT2D eigenvalue weighted by Crippen LogP contribution is -2.38. The fraction of sp³-hybridized carbons (Fsp3) is 0.474. The van der Waals surface area contributed by atoms with Gasteiger partial charge in [-0.3, -0.25) is 4.99 Å². The first-order valence-electron chi connectivity index (χ1n) is 8.66. The highest BCUT2D eigenvalue weighted by Gasteiger charge is 2.42. The second-order valence-corrected chi connectivity index (χ2v) is 7.52. The van der Waals surface area contributed by atoms with Crippen LogP contribution in [0.2, 0.25) is 0 Å². The normalized spacial score (nSPS) is 20.2. The summed E-state index contributed by atoms with van der Waals surface area (Å²) in [5.41, 5.74) is 0.0407. The Hall–Kier alpha value is -2.44. The predicted molar refractivity (Wildman–Crippen MR) is 96.0 cm³/mol. The number of aliphatic imine (C=N–C) groups is 1. The van der Waals surface area contributed by atoms with E-state index < -0.39 is 11.6 Å². The third-order valence-electron chi connectivity index (χ3n) is 4.41. The first-order valence-corrected chi connectivity index (χ1v) is 8.66. The molecule has 26 heavy (non-hydrogen) atoms. The summed E-state index contributed by atoms with van der Waals surface area (Å²) in [5, 5.41) is 6.31. The predicted octanol–water partition coefficient (Wildman–Crippen LogP) is 3.47. The van der Waals surface area contributed by atoms with E-state index in [1.165, 1.54) is 18.2 Å². The van der Waals surface area contributed by atoms with Crippen molar-refractivity contribution in [2.24, 2.45) is 4.99 Å². The van der Waals surface area contributed by atoms with Crippen LogP contribution in [0.5, 0.6) is 0 Å². The van der Waals surface area contributed by atoms with Gasteiger partial charge in [-0.1, -0.05) is 26.8 Å². The second-order valence-electron chi connectivity index (χ2n) is 7.52. The summed E-state index contributed by atoms with van der Waals surface area (Å²) >= 11 is 0. The maximum absolute atomic E-state index is 13.9. The molecule has 0 radical (unpaired) electrons. The highest BCUT2D eigenvalue weighted by molar-refractivity contribution is 5.80. The minimum absolute atomic E-state index is 0.0534. The fourth-order valence-electron chi connectivity index (χ4n) is 2.81. The molecule has 0 amide bonds. The van der Waals surface area contributed by atoms with E-state index in [9.17, 15) is 8.78 Å². The third-order valence-corrected chi connectivity index (χ3v) is 4.41. The number of halogens is 2. The van der Waals surface area contributed by atoms with Gasteiger partial charge in [-0.15, -0.1) is 0 Å². The summed E-state index contributed by atoms with van der Waals surface area (Å²) < 4.78 is 33.5. The van der Waals surface area contributed by atoms with Gasteiger partial charge in [-0.25, -0.2) is 13.8 Å². The molecule has 1 aliphatic rings. The number of hydrogen-bond donors (Lipinski definition) is 2. The molecule has 1 aliphatic carbocycles. The Morgan fingerprint density at radius 1 is 1.31 bits per heavy atom. The van der Waals surface area contributed by atoms with E-state index in [0.717, 1.165) is 5.76 Å². The molecule has 7 heteroatoms. The molecule has 2 N–H and O–H groups in total. The minimum Gasteiger partial charge on any atom is -0.443 e. The maximum Gasteiger partial charge on any atom is 0.213 e. The largest absolute Gasteiger partial charge is 0.443 e. The first-order chi connectivity index (χ1) is 12.3. The lowest BCUT2D eigenvalue weighted by atomic mass is 9.94. The summed E-state index contributed by atoms with van der Waals surface area (Å²) in [6.45, 7) is 6.54. The summed E-state index contributed by atoms with van der Waals surface area (Å²) in [7, 11) is 1.65. The van der Waals surface area contributed by atoms with Gasteiger partial charge in [0.25, 0.3) is 0 Å². The Balaban J connectivity index is 1.56. The van der Waals surface area contributed by atoms with E-state index >= 15 is 0 Å². The highest BCUT2D eigenvalue weighted by Crippen LogP contribution is 2.43. The van der Waals surface area contributed by atoms with Crippen molar-refractivity contribution in [3.05, 3.63) is 53.2 Å². The molecule has 5 nitrogen and oxygen atoms in total. The Bertz CT molecular complexity index is 790. The molecule has 2 aromatic rings. The van der Waals surface area contributed by atoms with E-state index in [4.69, 9.17) is 4.42 Å². The van der Waals surface area contributed by atoms with Crippen LogP contribution in [0.3, 0.4) is 0 Å². The topological polar surface area (TPSA) is 62.5 Å². The first kappa shape index (κ1) is 18.4. The molecule has 3 rings (SSSR count). The number of guanidine groups is 1. The highest BCUT2D eigenvalue weighted by atomic mass is 19.1. The van der Waals surface area contributed by atoms with Crippen LogP contribution in [0.25, 0.3) is 0 Å². The van der Waals surface area contributed by atoms with Crippen LogP contribution in [0, 0.1) is 11.6 Å². The molecule has 0 spiro atoms. The van der Waals surface area contributed by atoms with Crippen molar-refractivity contribution in [3.8, 4) is 0 Å². The molecule has 1 saturated carbocycles. The van der Waals surface area contributed by atoms with Crippen molar-refractivity contribution < 1.29 is 13.2 Å². The van der Waals surface area contributed by atoms with Gasteiger partial charge in [0.15, 0.2) is 5.96 Å². The Kier molecular flexibility index (Phi) is 4.98. The van der Waals surface area contributed by atoms with Crippen LogP contribution in [0.4, 0.5) is 8.78 Å². The zero-order valence-corrected chi connectivity index (χ0v) is 15.4. The van der Waals surface area contributed by atoms with Gasteiger partial charge in [-0.2, -0.15) is 0 Å². The molecule has 0 aliphatic heterocycles. The van der Waals surface area contributed by atoms with Crippen LogP contribution in [0.1, 0.15) is 50.3 Å². The molecule has 0 bridgehead atoms. The quantitative estimate of drug-likeness (QED) is 0.646. The van der Waals surface area contributed by atoms with Crippen molar-refractivity contribution in [1.82, 2.24) is 15.6 Å². The van der Waals surface area contributed by atoms with Crippen molar-refractivity contribution >= 4 is 5.96 Å². The van der Waals surface area contributed by atoms with Crippen LogP contribution in [-0.4, -0.2) is 24.0 Å². The molecule has 2 atom stereocenters. The molecule has 2 unspecified atom stereocenters. The third kappa shape index (κ3) is 4.03. The summed E-state index contributed by atoms with van der Waals surface area (Å²) in [4.78, 5) is 8.41. The van der Waals surface area contributed by atoms with E-state index in [1.54, 1.807) is 13.2 Å². The van der Waals surface area contributed by atoms with Crippen molar-refractivity contribution in [2.75, 3.05) is 7.05 Å². The van der Waals surface area contributed by atoms with Gasteiger partial charge in [0, 0.05) is 30.0 Å². The smallest absolute Gasteiger partial charge is 0.213 e. The molecule has 140 valence electrons. The summed E-state index contributed by atoms with van der Waals surface area (Å²) in [6.07, 6.45) is 2.39. The van der Waals surface area contributed by atoms with Crippen LogP contribution in [0.15, 0.2) is 33.8 Å². The van der Waals surface area contributed by atoms with E-state index in [2.05, 4.69) is 41.4 Å². The summed E-state index contributed by atoms with van der Waals surface area (Å²) in [5.74, 6) is 0.724. The van der Waals surface area contributed by atoms with Crippen molar-refractivity contribution in [1.29, 1.82) is 0 Å². The Morgan fingerprint density at radius 3 is 2.58 bits per heavy atom. The maximum atomic E-state index is 13.9. The van der Waals surface area contributed by atoms with Gasteiger partial charge >= 0.3 is 0 Å². The van der Waals surface area contributed by atoms with Crippen molar-refractivity contribution in [2.45, 2.75) is 51.1 Å². The molecule has 1 fully saturated rings. The number of nitrogens with zero attached hydrogens (tertiary/aromatic N) is 2. The molecule has 1 heterocycles. The number of benzene rings is 1. The molecule has 0 saturated heterocycles. The molecular weight excluding hydrogens is 338 g/mol. The SMILES string of the molecule is CN=C(NCc1ncc(C(C)(C)C)o1)NC1CC1c1c(F)cccc1F. The number of oxazole rings is 1. The van der Waals surface area contributed by atoms with Gasteiger partial charge in [0.1, 0.15) is 17.4 Å². The molecule has 1 aromatic heterocycles. The average Bonchev–Trinajstić information content (AvgIpc) is 3.12. The lowest BCUT2D eigenvalue weighted by Gasteiger charge is -2.13. The Labute approximate surface area is 151 Å². The number of rotatable bonds is 4. The zero-order valence-electron chi connectivity index (χ0n) is 15.4. The van der Waals surface area contributed by atoms with Gasteiger partial charge < -0.3 is 15.1 Å². The minimum atomic E-state index is -0.503. The van der Waals surface area contributed by atoms with Crippen LogP contribution < -0.4 is 10.6 Å². The van der Waals surface area contributed by atoms with Crippen molar-refractivity contribution in [3.63, 3.8) is 0 Å². The number of aromatic nitrogens is 1. The number of hydrogen-bond acceptors (Lipinski definition) is 3. The number of nitrogens with one attached hydrogen (secondary N) is 2. The second kappa shape index (κ2) is 7.05. The van der Waals surface area contributed by atoms with Crippen LogP contribution >= 0.6 is 0 Å². The van der Waals surface area contributed by atoms with Gasteiger partial charge in [0.2, 0.25) is 5.89 Å². The Morgan fingerprint density at radius 2 is 2.00 bits per heavy atom. The molecule has 1 aromatic carbocycles. The zero-order chi connectivity index (χ0) is 18.9. The molecular formula is C19H24F2N4O. The fourth-order valence-corrected chi connectivity index (χ4v) is 2.81. The van der Waals surface area contributed by atoms with Gasteiger partial charge in [0.05, 0.1) is 12.7 Å². The standard InChI is InChI=1S/C19H24F2N4O/c1-19(2,3)15-9-23-16(26-15)10-24-18(22-4)25-14-8-11(14)17-12(20)6-5-7-13(17)21/h5-7,9,11,14H,8,10H2,1-4H3,(H2,22,24,25). The van der Waals surface area contributed by atoms with Crippen LogP contribution in [-0.2, 0) is 12.0 Å². The van der Waals surface area contributed by atoms with E-state index in [-0.39, 0.29) is 22.9 Å². The monoisotopic (exact) mass is 362 g/mol.